The molecule has 1 aliphatic rings. The van der Waals surface area contributed by atoms with Gasteiger partial charge in [0.1, 0.15) is 0 Å². The third-order valence-corrected chi connectivity index (χ3v) is 4.16. The molecular formula is C20H23N2Re-. The van der Waals surface area contributed by atoms with E-state index in [2.05, 4.69) is 59.1 Å². The second-order valence-corrected chi connectivity index (χ2v) is 5.81. The van der Waals surface area contributed by atoms with Crippen molar-refractivity contribution >= 4 is 12.2 Å². The van der Waals surface area contributed by atoms with Gasteiger partial charge >= 0.3 is 0 Å². The first kappa shape index (κ1) is 17.9. The van der Waals surface area contributed by atoms with E-state index in [1.54, 1.807) is 0 Å². The van der Waals surface area contributed by atoms with Crippen LogP contribution in [0.25, 0.3) is 12.2 Å². The first-order valence-electron chi connectivity index (χ1n) is 8.01. The Morgan fingerprint density at radius 2 is 2.17 bits per heavy atom. The fraction of sp³-hybridized carbons (Fsp3) is 0.300. The van der Waals surface area contributed by atoms with Gasteiger partial charge in [-0.2, -0.15) is 30.3 Å². The van der Waals surface area contributed by atoms with Crippen LogP contribution in [-0.4, -0.2) is 23.0 Å². The summed E-state index contributed by atoms with van der Waals surface area (Å²) in [5.74, 6) is 0. The number of hydrogen-bond acceptors (Lipinski definition) is 1. The van der Waals surface area contributed by atoms with Gasteiger partial charge in [-0.25, -0.2) is 0 Å². The maximum Gasteiger partial charge on any atom is 0.0413 e. The molecule has 1 aromatic carbocycles. The fourth-order valence-corrected chi connectivity index (χ4v) is 3.05. The molecule has 0 bridgehead atoms. The Morgan fingerprint density at radius 1 is 1.30 bits per heavy atom. The summed E-state index contributed by atoms with van der Waals surface area (Å²) < 4.78 is 0. The molecule has 0 fully saturated rings. The Labute approximate surface area is 152 Å². The van der Waals surface area contributed by atoms with Crippen molar-refractivity contribution in [2.75, 3.05) is 13.1 Å². The van der Waals surface area contributed by atoms with Crippen molar-refractivity contribution in [2.24, 2.45) is 0 Å². The number of hydrogen-bond donors (Lipinski definition) is 1. The monoisotopic (exact) mass is 478 g/mol. The summed E-state index contributed by atoms with van der Waals surface area (Å²) in [5, 5.41) is 2.71. The predicted molar refractivity (Wildman–Crippen MR) is 92.7 cm³/mol. The molecule has 0 saturated heterocycles. The molecular weight excluding hydrogens is 454 g/mol. The van der Waals surface area contributed by atoms with E-state index in [-0.39, 0.29) is 20.4 Å². The van der Waals surface area contributed by atoms with Gasteiger partial charge in [0.25, 0.3) is 0 Å². The molecule has 0 spiro atoms. The van der Waals surface area contributed by atoms with Crippen LogP contribution in [0.4, 0.5) is 0 Å². The first-order chi connectivity index (χ1) is 10.9. The number of H-pyrrole nitrogens is 1. The van der Waals surface area contributed by atoms with Crippen molar-refractivity contribution in [1.82, 2.24) is 9.88 Å². The van der Waals surface area contributed by atoms with E-state index in [1.807, 2.05) is 12.1 Å². The minimum Gasteiger partial charge on any atom is -0.361 e. The van der Waals surface area contributed by atoms with Crippen LogP contribution in [-0.2, 0) is 33.4 Å². The van der Waals surface area contributed by atoms with Crippen LogP contribution in [0.2, 0.25) is 0 Å². The van der Waals surface area contributed by atoms with Gasteiger partial charge < -0.3 is 9.88 Å². The smallest absolute Gasteiger partial charge is 0.0413 e. The Balaban J connectivity index is 0.00000192. The van der Waals surface area contributed by atoms with Crippen molar-refractivity contribution < 1.29 is 20.4 Å². The Bertz CT molecular complexity index is 731. The normalized spacial score (nSPS) is 12.7. The minimum atomic E-state index is 0. The molecule has 1 aliphatic carbocycles. The van der Waals surface area contributed by atoms with E-state index in [0.29, 0.717) is 0 Å². The Hall–Kier alpha value is -1.40. The number of nitrogens with zero attached hydrogens (tertiary/aromatic N) is 1. The van der Waals surface area contributed by atoms with E-state index in [1.165, 1.54) is 21.7 Å². The summed E-state index contributed by atoms with van der Waals surface area (Å²) in [6, 6.07) is 11.4. The van der Waals surface area contributed by atoms with Crippen LogP contribution in [0.1, 0.15) is 24.0 Å². The van der Waals surface area contributed by atoms with Gasteiger partial charge in [-0.05, 0) is 36.6 Å². The molecule has 23 heavy (non-hydrogen) atoms. The van der Waals surface area contributed by atoms with E-state index in [0.717, 1.165) is 38.9 Å². The van der Waals surface area contributed by atoms with Crippen molar-refractivity contribution in [3.63, 3.8) is 0 Å². The molecule has 1 radical (unpaired) electrons. The van der Waals surface area contributed by atoms with Crippen LogP contribution in [0.5, 0.6) is 0 Å². The molecule has 2 aromatic rings. The summed E-state index contributed by atoms with van der Waals surface area (Å²) in [7, 11) is 0. The molecule has 1 N–H and O–H groups in total. The molecule has 0 aliphatic heterocycles. The largest absolute Gasteiger partial charge is 0.361 e. The molecule has 121 valence electrons. The standard InChI is InChI=1S/C20H23N2.Re/c1-2-13-22(16-17-8-4-3-5-9-17)14-12-18-15-21-20-11-7-6-10-19(18)20;/h2-4,8-11,15,21H,1,6-7,12-14,16H2;/q-1;. The van der Waals surface area contributed by atoms with Gasteiger partial charge in [-0.1, -0.05) is 18.2 Å². The predicted octanol–water partition coefficient (Wildman–Crippen LogP) is 2.40. The number of nitrogens with one attached hydrogen (secondary N) is 1. The van der Waals surface area contributed by atoms with E-state index >= 15 is 0 Å². The van der Waals surface area contributed by atoms with Gasteiger partial charge in [0, 0.05) is 45.1 Å². The molecule has 1 aromatic heterocycles. The topological polar surface area (TPSA) is 19.0 Å². The second kappa shape index (κ2) is 9.03. The van der Waals surface area contributed by atoms with Crippen LogP contribution in [0.15, 0.2) is 43.1 Å². The number of benzene rings is 1. The first-order valence-corrected chi connectivity index (χ1v) is 8.01. The summed E-state index contributed by atoms with van der Waals surface area (Å²) in [6.07, 6.45) is 12.2. The third-order valence-electron chi connectivity index (χ3n) is 4.16. The van der Waals surface area contributed by atoms with Crippen LogP contribution in [0.3, 0.4) is 0 Å². The molecule has 0 saturated carbocycles. The average Bonchev–Trinajstić information content (AvgIpc) is 2.97. The number of fused-ring (bicyclic) bond motifs is 1. The van der Waals surface area contributed by atoms with E-state index in [4.69, 9.17) is 0 Å². The zero-order chi connectivity index (χ0) is 15.2. The summed E-state index contributed by atoms with van der Waals surface area (Å²) >= 11 is 0. The summed E-state index contributed by atoms with van der Waals surface area (Å²) in [4.78, 5) is 5.83. The van der Waals surface area contributed by atoms with Crippen LogP contribution < -0.4 is 10.6 Å². The molecule has 0 unspecified atom stereocenters. The maximum absolute atomic E-state index is 3.89. The number of aromatic nitrogens is 1. The van der Waals surface area contributed by atoms with Crippen molar-refractivity contribution in [3.8, 4) is 0 Å². The van der Waals surface area contributed by atoms with Gasteiger partial charge in [0.2, 0.25) is 0 Å². The Kier molecular flexibility index (Phi) is 7.05. The van der Waals surface area contributed by atoms with E-state index in [9.17, 15) is 0 Å². The number of rotatable bonds is 7. The number of aromatic amines is 1. The molecule has 3 heteroatoms. The average molecular weight is 478 g/mol. The van der Waals surface area contributed by atoms with Gasteiger partial charge in [0.05, 0.1) is 0 Å². The molecule has 1 heterocycles. The molecule has 0 amide bonds. The SMILES string of the molecule is C=CCN(CCc1c[nH]c2c1=CCCC=2)Cc1c[c-]ccc1.[Re]. The fourth-order valence-electron chi connectivity index (χ4n) is 3.05. The van der Waals surface area contributed by atoms with Crippen LogP contribution >= 0.6 is 0 Å². The quantitative estimate of drug-likeness (QED) is 0.479. The Morgan fingerprint density at radius 3 is 2.96 bits per heavy atom. The second-order valence-electron chi connectivity index (χ2n) is 5.81. The summed E-state index contributed by atoms with van der Waals surface area (Å²) in [6.45, 7) is 6.80. The van der Waals surface area contributed by atoms with Gasteiger partial charge in [0.15, 0.2) is 0 Å². The third kappa shape index (κ3) is 4.78. The van der Waals surface area contributed by atoms with Crippen LogP contribution in [0, 0.1) is 6.07 Å². The van der Waals surface area contributed by atoms with Gasteiger partial charge in [-0.15, -0.1) is 12.1 Å². The van der Waals surface area contributed by atoms with Crippen molar-refractivity contribution in [2.45, 2.75) is 25.8 Å². The molecule has 2 nitrogen and oxygen atoms in total. The maximum atomic E-state index is 3.89. The van der Waals surface area contributed by atoms with E-state index < -0.39 is 0 Å². The van der Waals surface area contributed by atoms with Crippen molar-refractivity contribution in [1.29, 1.82) is 0 Å². The zero-order valence-corrected chi connectivity index (χ0v) is 16.1. The molecule has 3 rings (SSSR count). The van der Waals surface area contributed by atoms with Crippen molar-refractivity contribution in [3.05, 3.63) is 70.9 Å². The van der Waals surface area contributed by atoms with Gasteiger partial charge in [-0.3, -0.25) is 0 Å². The summed E-state index contributed by atoms with van der Waals surface area (Å²) in [5.41, 5.74) is 2.74. The zero-order valence-electron chi connectivity index (χ0n) is 13.4. The molecule has 0 atom stereocenters. The minimum absolute atomic E-state index is 0.